The van der Waals surface area contributed by atoms with Gasteiger partial charge in [-0.05, 0) is 23.8 Å². The molecule has 0 saturated heterocycles. The van der Waals surface area contributed by atoms with Crippen molar-refractivity contribution in [2.45, 2.75) is 11.5 Å². The SMILES string of the molecule is O=C(O)c1cccnc1CSCc1ccccc1Cl. The highest BCUT2D eigenvalue weighted by Gasteiger charge is 2.10. The molecule has 5 heteroatoms. The molecular weight excluding hydrogens is 282 g/mol. The smallest absolute Gasteiger partial charge is 0.337 e. The number of halogens is 1. The van der Waals surface area contributed by atoms with Gasteiger partial charge in [0.1, 0.15) is 0 Å². The van der Waals surface area contributed by atoms with Crippen molar-refractivity contribution < 1.29 is 9.90 Å². The number of nitrogens with zero attached hydrogens (tertiary/aromatic N) is 1. The Labute approximate surface area is 120 Å². The van der Waals surface area contributed by atoms with Crippen molar-refractivity contribution in [3.05, 3.63) is 64.4 Å². The first kappa shape index (κ1) is 13.9. The Morgan fingerprint density at radius 1 is 1.21 bits per heavy atom. The standard InChI is InChI=1S/C14H12ClNO2S/c15-12-6-2-1-4-10(12)8-19-9-13-11(14(17)18)5-3-7-16-13/h1-7H,8-9H2,(H,17,18). The molecule has 0 fully saturated rings. The second-order valence-electron chi connectivity index (χ2n) is 3.89. The van der Waals surface area contributed by atoms with Crippen LogP contribution in [0.25, 0.3) is 0 Å². The summed E-state index contributed by atoms with van der Waals surface area (Å²) in [6, 6.07) is 10.8. The Kier molecular flexibility index (Phi) is 4.82. The van der Waals surface area contributed by atoms with Gasteiger partial charge in [0.05, 0.1) is 11.3 Å². The van der Waals surface area contributed by atoms with Gasteiger partial charge in [0, 0.05) is 22.7 Å². The van der Waals surface area contributed by atoms with E-state index in [-0.39, 0.29) is 5.56 Å². The quantitative estimate of drug-likeness (QED) is 0.909. The van der Waals surface area contributed by atoms with Gasteiger partial charge in [0.15, 0.2) is 0 Å². The van der Waals surface area contributed by atoms with Gasteiger partial charge in [-0.15, -0.1) is 0 Å². The Hall–Kier alpha value is -1.52. The maximum absolute atomic E-state index is 11.0. The third-order valence-corrected chi connectivity index (χ3v) is 3.94. The molecule has 0 atom stereocenters. The molecule has 0 aliphatic carbocycles. The average molecular weight is 294 g/mol. The number of carboxylic acid groups (broad SMARTS) is 1. The Morgan fingerprint density at radius 3 is 2.74 bits per heavy atom. The molecule has 2 aromatic rings. The maximum atomic E-state index is 11.0. The van der Waals surface area contributed by atoms with Crippen molar-refractivity contribution in [3.63, 3.8) is 0 Å². The predicted octanol–water partition coefficient (Wildman–Crippen LogP) is 3.87. The monoisotopic (exact) mass is 293 g/mol. The first-order valence-electron chi connectivity index (χ1n) is 5.67. The average Bonchev–Trinajstić information content (AvgIpc) is 2.41. The molecule has 0 spiro atoms. The van der Waals surface area contributed by atoms with Gasteiger partial charge < -0.3 is 5.11 Å². The van der Waals surface area contributed by atoms with Crippen LogP contribution < -0.4 is 0 Å². The van der Waals surface area contributed by atoms with E-state index in [9.17, 15) is 4.79 Å². The van der Waals surface area contributed by atoms with Crippen LogP contribution >= 0.6 is 23.4 Å². The third kappa shape index (κ3) is 3.72. The van der Waals surface area contributed by atoms with Crippen molar-refractivity contribution in [2.75, 3.05) is 0 Å². The molecule has 1 aromatic carbocycles. The number of thioether (sulfide) groups is 1. The fourth-order valence-corrected chi connectivity index (χ4v) is 2.90. The minimum absolute atomic E-state index is 0.258. The van der Waals surface area contributed by atoms with Gasteiger partial charge in [-0.25, -0.2) is 4.79 Å². The van der Waals surface area contributed by atoms with Gasteiger partial charge in [-0.2, -0.15) is 11.8 Å². The van der Waals surface area contributed by atoms with E-state index in [4.69, 9.17) is 16.7 Å². The highest BCUT2D eigenvalue weighted by Crippen LogP contribution is 2.23. The van der Waals surface area contributed by atoms with Crippen LogP contribution in [0.15, 0.2) is 42.6 Å². The largest absolute Gasteiger partial charge is 0.478 e. The molecule has 98 valence electrons. The summed E-state index contributed by atoms with van der Waals surface area (Å²) in [4.78, 5) is 15.2. The molecular formula is C14H12ClNO2S. The lowest BCUT2D eigenvalue weighted by atomic mass is 10.2. The lowest BCUT2D eigenvalue weighted by molar-refractivity contribution is 0.0695. The normalized spacial score (nSPS) is 10.4. The first-order valence-corrected chi connectivity index (χ1v) is 7.20. The minimum Gasteiger partial charge on any atom is -0.478 e. The molecule has 0 radical (unpaired) electrons. The predicted molar refractivity (Wildman–Crippen MR) is 77.6 cm³/mol. The molecule has 19 heavy (non-hydrogen) atoms. The molecule has 0 unspecified atom stereocenters. The Morgan fingerprint density at radius 2 is 2.00 bits per heavy atom. The Balaban J connectivity index is 2.00. The Bertz CT molecular complexity index is 589. The first-order chi connectivity index (χ1) is 9.18. The van der Waals surface area contributed by atoms with Crippen molar-refractivity contribution in [2.24, 2.45) is 0 Å². The summed E-state index contributed by atoms with van der Waals surface area (Å²) in [7, 11) is 0. The van der Waals surface area contributed by atoms with Crippen LogP contribution in [0.1, 0.15) is 21.6 Å². The van der Waals surface area contributed by atoms with Gasteiger partial charge in [0.25, 0.3) is 0 Å². The van der Waals surface area contributed by atoms with Gasteiger partial charge in [-0.3, -0.25) is 4.98 Å². The van der Waals surface area contributed by atoms with E-state index in [1.807, 2.05) is 24.3 Å². The molecule has 3 nitrogen and oxygen atoms in total. The van der Waals surface area contributed by atoms with E-state index >= 15 is 0 Å². The van der Waals surface area contributed by atoms with Crippen LogP contribution in [0.4, 0.5) is 0 Å². The van der Waals surface area contributed by atoms with E-state index in [1.165, 1.54) is 0 Å². The number of carbonyl (C=O) groups is 1. The number of pyridine rings is 1. The second-order valence-corrected chi connectivity index (χ2v) is 5.28. The number of hydrogen-bond donors (Lipinski definition) is 1. The van der Waals surface area contributed by atoms with Crippen LogP contribution in [-0.2, 0) is 11.5 Å². The molecule has 2 rings (SSSR count). The highest BCUT2D eigenvalue weighted by molar-refractivity contribution is 7.97. The van der Waals surface area contributed by atoms with Crippen LogP contribution in [0.2, 0.25) is 5.02 Å². The van der Waals surface area contributed by atoms with Crippen molar-refractivity contribution >= 4 is 29.3 Å². The van der Waals surface area contributed by atoms with Crippen LogP contribution in [0, 0.1) is 0 Å². The summed E-state index contributed by atoms with van der Waals surface area (Å²) in [6.45, 7) is 0. The number of rotatable bonds is 5. The molecule has 0 amide bonds. The van der Waals surface area contributed by atoms with Crippen LogP contribution in [0.3, 0.4) is 0 Å². The lowest BCUT2D eigenvalue weighted by Gasteiger charge is -2.06. The summed E-state index contributed by atoms with van der Waals surface area (Å²) in [5, 5.41) is 9.79. The van der Waals surface area contributed by atoms with E-state index in [0.29, 0.717) is 11.4 Å². The molecule has 0 aliphatic heterocycles. The van der Waals surface area contributed by atoms with Crippen molar-refractivity contribution in [1.29, 1.82) is 0 Å². The summed E-state index contributed by atoms with van der Waals surface area (Å²) in [5.74, 6) is 0.338. The van der Waals surface area contributed by atoms with Crippen LogP contribution in [0.5, 0.6) is 0 Å². The highest BCUT2D eigenvalue weighted by atomic mass is 35.5. The fourth-order valence-electron chi connectivity index (χ4n) is 1.62. The zero-order chi connectivity index (χ0) is 13.7. The topological polar surface area (TPSA) is 50.2 Å². The number of aromatic carboxylic acids is 1. The number of benzene rings is 1. The molecule has 1 aromatic heterocycles. The number of aromatic nitrogens is 1. The van der Waals surface area contributed by atoms with Crippen LogP contribution in [-0.4, -0.2) is 16.1 Å². The zero-order valence-corrected chi connectivity index (χ0v) is 11.6. The summed E-state index contributed by atoms with van der Waals surface area (Å²) < 4.78 is 0. The number of hydrogen-bond acceptors (Lipinski definition) is 3. The molecule has 0 bridgehead atoms. The van der Waals surface area contributed by atoms with Gasteiger partial charge >= 0.3 is 5.97 Å². The van der Waals surface area contributed by atoms with E-state index in [1.54, 1.807) is 30.1 Å². The maximum Gasteiger partial charge on any atom is 0.337 e. The zero-order valence-electron chi connectivity index (χ0n) is 10.0. The summed E-state index contributed by atoms with van der Waals surface area (Å²) in [6.07, 6.45) is 1.61. The van der Waals surface area contributed by atoms with Crippen molar-refractivity contribution in [3.8, 4) is 0 Å². The van der Waals surface area contributed by atoms with E-state index in [0.717, 1.165) is 16.3 Å². The third-order valence-electron chi connectivity index (χ3n) is 2.57. The molecule has 0 saturated carbocycles. The van der Waals surface area contributed by atoms with Crippen molar-refractivity contribution in [1.82, 2.24) is 4.98 Å². The number of carboxylic acids is 1. The molecule has 0 aliphatic rings. The fraction of sp³-hybridized carbons (Fsp3) is 0.143. The van der Waals surface area contributed by atoms with E-state index in [2.05, 4.69) is 4.98 Å². The summed E-state index contributed by atoms with van der Waals surface area (Å²) in [5.41, 5.74) is 1.89. The second kappa shape index (κ2) is 6.59. The summed E-state index contributed by atoms with van der Waals surface area (Å²) >= 11 is 7.66. The van der Waals surface area contributed by atoms with Gasteiger partial charge in [0.2, 0.25) is 0 Å². The molecule has 1 N–H and O–H groups in total. The van der Waals surface area contributed by atoms with Gasteiger partial charge in [-0.1, -0.05) is 29.8 Å². The molecule has 1 heterocycles. The lowest BCUT2D eigenvalue weighted by Crippen LogP contribution is -2.03. The van der Waals surface area contributed by atoms with E-state index < -0.39 is 5.97 Å². The minimum atomic E-state index is -0.943.